The average Bonchev–Trinajstić information content (AvgIpc) is 2.73. The minimum Gasteiger partial charge on any atom is -0.444 e. The molecule has 7 heteroatoms. The van der Waals surface area contributed by atoms with Crippen LogP contribution in [-0.4, -0.2) is 17.6 Å². The number of thiophene rings is 1. The molecule has 2 amide bonds. The van der Waals surface area contributed by atoms with Gasteiger partial charge in [0.1, 0.15) is 21.7 Å². The molecule has 0 bridgehead atoms. The summed E-state index contributed by atoms with van der Waals surface area (Å²) in [7, 11) is 0. The lowest BCUT2D eigenvalue weighted by atomic mass is 10.0. The summed E-state index contributed by atoms with van der Waals surface area (Å²) in [6.07, 6.45) is 0.879. The van der Waals surface area contributed by atoms with Crippen molar-refractivity contribution in [2.24, 2.45) is 5.92 Å². The van der Waals surface area contributed by atoms with Crippen LogP contribution in [0.1, 0.15) is 58.6 Å². The summed E-state index contributed by atoms with van der Waals surface area (Å²) in [5.41, 5.74) is 0.374. The summed E-state index contributed by atoms with van der Waals surface area (Å²) in [5, 5.41) is 15.8. The number of carbonyl (C=O) groups excluding carboxylic acids is 2. The summed E-state index contributed by atoms with van der Waals surface area (Å²) in [6, 6.07) is 2.09. The summed E-state index contributed by atoms with van der Waals surface area (Å²) < 4.78 is 5.22. The van der Waals surface area contributed by atoms with Crippen LogP contribution < -0.4 is 10.6 Å². The van der Waals surface area contributed by atoms with E-state index in [2.05, 4.69) is 16.7 Å². The second-order valence-corrected chi connectivity index (χ2v) is 7.52. The Bertz CT molecular complexity index is 649. The molecular formula is C17H25N3O3S. The summed E-state index contributed by atoms with van der Waals surface area (Å²) in [4.78, 5) is 24.2. The highest BCUT2D eigenvalue weighted by molar-refractivity contribution is 7.20. The maximum atomic E-state index is 12.2. The molecule has 1 rings (SSSR count). The van der Waals surface area contributed by atoms with Gasteiger partial charge in [0.15, 0.2) is 0 Å². The zero-order valence-electron chi connectivity index (χ0n) is 15.1. The van der Waals surface area contributed by atoms with Gasteiger partial charge in [-0.3, -0.25) is 10.1 Å². The zero-order chi connectivity index (χ0) is 18.5. The molecule has 1 aromatic heterocycles. The Morgan fingerprint density at radius 1 is 1.21 bits per heavy atom. The van der Waals surface area contributed by atoms with Crippen molar-refractivity contribution in [3.8, 4) is 6.07 Å². The Balaban J connectivity index is 2.99. The molecule has 0 unspecified atom stereocenters. The number of nitrogens with one attached hydrogen (secondary N) is 2. The van der Waals surface area contributed by atoms with Gasteiger partial charge in [-0.15, -0.1) is 0 Å². The van der Waals surface area contributed by atoms with E-state index in [1.54, 1.807) is 27.7 Å². The number of hydrogen-bond donors (Lipinski definition) is 2. The van der Waals surface area contributed by atoms with E-state index in [-0.39, 0.29) is 11.8 Å². The first-order chi connectivity index (χ1) is 11.1. The predicted molar refractivity (Wildman–Crippen MR) is 96.3 cm³/mol. The molecule has 0 aromatic carbocycles. The third-order valence-electron chi connectivity index (χ3n) is 3.47. The highest BCUT2D eigenvalue weighted by Gasteiger charge is 2.23. The Labute approximate surface area is 147 Å². The fourth-order valence-electron chi connectivity index (χ4n) is 2.13. The van der Waals surface area contributed by atoms with E-state index in [4.69, 9.17) is 4.74 Å². The maximum absolute atomic E-state index is 12.2. The molecule has 24 heavy (non-hydrogen) atoms. The van der Waals surface area contributed by atoms with Crippen LogP contribution in [0.2, 0.25) is 0 Å². The minimum atomic E-state index is -0.611. The van der Waals surface area contributed by atoms with E-state index in [0.717, 1.165) is 12.8 Å². The van der Waals surface area contributed by atoms with Crippen molar-refractivity contribution in [1.82, 2.24) is 0 Å². The monoisotopic (exact) mass is 351 g/mol. The fourth-order valence-corrected chi connectivity index (χ4v) is 3.17. The number of amides is 2. The molecule has 1 heterocycles. The van der Waals surface area contributed by atoms with Crippen LogP contribution >= 0.6 is 11.3 Å². The molecule has 0 saturated heterocycles. The Kier molecular flexibility index (Phi) is 6.79. The van der Waals surface area contributed by atoms with Gasteiger partial charge in [0, 0.05) is 11.5 Å². The summed E-state index contributed by atoms with van der Waals surface area (Å²) >= 11 is 1.17. The molecule has 2 N–H and O–H groups in total. The van der Waals surface area contributed by atoms with E-state index in [0.29, 0.717) is 21.1 Å². The maximum Gasteiger partial charge on any atom is 0.412 e. The molecule has 0 aliphatic heterocycles. The van der Waals surface area contributed by atoms with Crippen LogP contribution in [0.15, 0.2) is 0 Å². The third kappa shape index (κ3) is 5.24. The highest BCUT2D eigenvalue weighted by Crippen LogP contribution is 2.37. The van der Waals surface area contributed by atoms with Gasteiger partial charge in [0.05, 0.1) is 5.56 Å². The SMILES string of the molecule is CCC(CC)C(=O)Nc1sc(NC(=O)OC(C)(C)C)c(C)c1C#N. The second-order valence-electron chi connectivity index (χ2n) is 6.50. The third-order valence-corrected chi connectivity index (χ3v) is 4.59. The van der Waals surface area contributed by atoms with Gasteiger partial charge in [-0.05, 0) is 40.5 Å². The fraction of sp³-hybridized carbons (Fsp3) is 0.588. The standard InChI is InChI=1S/C17H25N3O3S/c1-7-11(8-2)13(21)19-15-12(9-18)10(3)14(24-15)20-16(22)23-17(4,5)6/h11H,7-8H2,1-6H3,(H,19,21)(H,20,22). The van der Waals surface area contributed by atoms with Gasteiger partial charge in [-0.25, -0.2) is 4.79 Å². The average molecular weight is 351 g/mol. The Morgan fingerprint density at radius 2 is 1.79 bits per heavy atom. The lowest BCUT2D eigenvalue weighted by Gasteiger charge is -2.19. The Morgan fingerprint density at radius 3 is 2.25 bits per heavy atom. The van der Waals surface area contributed by atoms with Crippen LogP contribution in [0.5, 0.6) is 0 Å². The van der Waals surface area contributed by atoms with Gasteiger partial charge in [0.25, 0.3) is 0 Å². The van der Waals surface area contributed by atoms with Crippen molar-refractivity contribution in [1.29, 1.82) is 5.26 Å². The number of nitriles is 1. The molecule has 0 aliphatic carbocycles. The van der Waals surface area contributed by atoms with E-state index in [1.165, 1.54) is 11.3 Å². The molecule has 1 aromatic rings. The van der Waals surface area contributed by atoms with Crippen molar-refractivity contribution >= 4 is 33.3 Å². The molecule has 0 saturated carbocycles. The smallest absolute Gasteiger partial charge is 0.412 e. The molecular weight excluding hydrogens is 326 g/mol. The van der Waals surface area contributed by atoms with Crippen molar-refractivity contribution in [3.63, 3.8) is 0 Å². The number of rotatable bonds is 5. The van der Waals surface area contributed by atoms with E-state index < -0.39 is 11.7 Å². The lowest BCUT2D eigenvalue weighted by Crippen LogP contribution is -2.27. The topological polar surface area (TPSA) is 91.2 Å². The van der Waals surface area contributed by atoms with E-state index in [1.807, 2.05) is 13.8 Å². The first kappa shape index (κ1) is 20.0. The quantitative estimate of drug-likeness (QED) is 0.807. The van der Waals surface area contributed by atoms with Crippen molar-refractivity contribution in [2.45, 2.75) is 60.0 Å². The normalized spacial score (nSPS) is 11.1. The van der Waals surface area contributed by atoms with Crippen molar-refractivity contribution < 1.29 is 14.3 Å². The number of anilines is 2. The predicted octanol–water partition coefficient (Wildman–Crippen LogP) is 4.65. The largest absolute Gasteiger partial charge is 0.444 e. The van der Waals surface area contributed by atoms with Crippen molar-refractivity contribution in [2.75, 3.05) is 10.6 Å². The minimum absolute atomic E-state index is 0.0961. The first-order valence-corrected chi connectivity index (χ1v) is 8.78. The number of carbonyl (C=O) groups is 2. The number of hydrogen-bond acceptors (Lipinski definition) is 5. The summed E-state index contributed by atoms with van der Waals surface area (Å²) in [6.45, 7) is 11.0. The molecule has 0 fully saturated rings. The molecule has 0 atom stereocenters. The van der Waals surface area contributed by atoms with Crippen molar-refractivity contribution in [3.05, 3.63) is 11.1 Å². The molecule has 0 spiro atoms. The van der Waals surface area contributed by atoms with E-state index in [9.17, 15) is 14.9 Å². The molecule has 6 nitrogen and oxygen atoms in total. The molecule has 0 aliphatic rings. The molecule has 0 radical (unpaired) electrons. The summed E-state index contributed by atoms with van der Waals surface area (Å²) in [5.74, 6) is -0.206. The Hall–Kier alpha value is -2.07. The van der Waals surface area contributed by atoms with Gasteiger partial charge < -0.3 is 10.1 Å². The van der Waals surface area contributed by atoms with Gasteiger partial charge in [-0.2, -0.15) is 5.26 Å². The second kappa shape index (κ2) is 8.15. The first-order valence-electron chi connectivity index (χ1n) is 7.97. The zero-order valence-corrected chi connectivity index (χ0v) is 15.9. The highest BCUT2D eigenvalue weighted by atomic mass is 32.1. The number of nitrogens with zero attached hydrogens (tertiary/aromatic N) is 1. The van der Waals surface area contributed by atoms with Crippen LogP contribution in [-0.2, 0) is 9.53 Å². The van der Waals surface area contributed by atoms with Crippen LogP contribution in [0.3, 0.4) is 0 Å². The van der Waals surface area contributed by atoms with Gasteiger partial charge >= 0.3 is 6.09 Å². The van der Waals surface area contributed by atoms with E-state index >= 15 is 0 Å². The van der Waals surface area contributed by atoms with Gasteiger partial charge in [-0.1, -0.05) is 25.2 Å². The van der Waals surface area contributed by atoms with Gasteiger partial charge in [0.2, 0.25) is 5.91 Å². The molecule has 132 valence electrons. The van der Waals surface area contributed by atoms with Crippen LogP contribution in [0.25, 0.3) is 0 Å². The number of ether oxygens (including phenoxy) is 1. The van der Waals surface area contributed by atoms with Crippen LogP contribution in [0, 0.1) is 24.2 Å². The lowest BCUT2D eigenvalue weighted by molar-refractivity contribution is -0.120. The van der Waals surface area contributed by atoms with Crippen LogP contribution in [0.4, 0.5) is 14.8 Å².